The summed E-state index contributed by atoms with van der Waals surface area (Å²) in [6.45, 7) is 4.82. The van der Waals surface area contributed by atoms with Crippen LogP contribution < -0.4 is 16.0 Å². The van der Waals surface area contributed by atoms with Crippen LogP contribution in [0, 0.1) is 5.92 Å². The maximum atomic E-state index is 11.8. The number of carbonyl (C=O) groups excluding carboxylic acids is 1. The van der Waals surface area contributed by atoms with Gasteiger partial charge in [-0.2, -0.15) is 0 Å². The van der Waals surface area contributed by atoms with Crippen molar-refractivity contribution in [2.24, 2.45) is 10.9 Å². The first kappa shape index (κ1) is 20.2. The van der Waals surface area contributed by atoms with E-state index in [9.17, 15) is 9.90 Å². The number of aliphatic hydroxyl groups excluding tert-OH is 1. The Morgan fingerprint density at radius 3 is 2.54 bits per heavy atom. The van der Waals surface area contributed by atoms with Crippen molar-refractivity contribution in [1.82, 2.24) is 16.0 Å². The third kappa shape index (κ3) is 6.67. The molecule has 1 atom stereocenters. The first-order valence-corrected chi connectivity index (χ1v) is 9.70. The van der Waals surface area contributed by atoms with Crippen LogP contribution in [0.1, 0.15) is 44.1 Å². The lowest BCUT2D eigenvalue weighted by molar-refractivity contribution is -0.127. The highest BCUT2D eigenvalue weighted by Crippen LogP contribution is 2.26. The molecule has 1 aromatic rings. The Bertz CT molecular complexity index is 558. The molecule has 6 heteroatoms. The smallest absolute Gasteiger partial charge is 0.223 e. The first-order chi connectivity index (χ1) is 12.7. The Labute approximate surface area is 156 Å². The Morgan fingerprint density at radius 2 is 1.92 bits per heavy atom. The maximum Gasteiger partial charge on any atom is 0.223 e. The average molecular weight is 361 g/mol. The summed E-state index contributed by atoms with van der Waals surface area (Å²) in [4.78, 5) is 16.4. The van der Waals surface area contributed by atoms with Gasteiger partial charge in [-0.05, 0) is 31.7 Å². The number of aliphatic hydroxyl groups is 1. The number of guanidine groups is 1. The van der Waals surface area contributed by atoms with Crippen molar-refractivity contribution in [2.75, 3.05) is 32.8 Å². The summed E-state index contributed by atoms with van der Waals surface area (Å²) in [6, 6.07) is 9.95. The fraction of sp³-hybridized carbons (Fsp3) is 0.600. The lowest BCUT2D eigenvalue weighted by atomic mass is 9.85. The number of aliphatic imine (C=N–C) groups is 1. The third-order valence-electron chi connectivity index (χ3n) is 4.73. The highest BCUT2D eigenvalue weighted by molar-refractivity contribution is 5.80. The topological polar surface area (TPSA) is 85.8 Å². The summed E-state index contributed by atoms with van der Waals surface area (Å²) < 4.78 is 0. The Kier molecular flexibility index (Phi) is 8.96. The van der Waals surface area contributed by atoms with E-state index in [0.29, 0.717) is 13.1 Å². The highest BCUT2D eigenvalue weighted by atomic mass is 16.3. The second-order valence-electron chi connectivity index (χ2n) is 6.71. The summed E-state index contributed by atoms with van der Waals surface area (Å²) in [5.74, 6) is 1.18. The van der Waals surface area contributed by atoms with Gasteiger partial charge in [0.1, 0.15) is 0 Å². The van der Waals surface area contributed by atoms with E-state index >= 15 is 0 Å². The zero-order chi connectivity index (χ0) is 18.6. The summed E-state index contributed by atoms with van der Waals surface area (Å²) in [6.07, 6.45) is 4.11. The summed E-state index contributed by atoms with van der Waals surface area (Å²) in [5, 5.41) is 19.1. The van der Waals surface area contributed by atoms with E-state index in [2.05, 4.69) is 20.9 Å². The summed E-state index contributed by atoms with van der Waals surface area (Å²) in [7, 11) is 0. The second-order valence-corrected chi connectivity index (χ2v) is 6.71. The number of benzene rings is 1. The molecule has 1 amide bonds. The quantitative estimate of drug-likeness (QED) is 0.290. The second kappa shape index (κ2) is 11.5. The van der Waals surface area contributed by atoms with Crippen LogP contribution >= 0.6 is 0 Å². The van der Waals surface area contributed by atoms with Crippen molar-refractivity contribution >= 4 is 11.9 Å². The van der Waals surface area contributed by atoms with E-state index in [1.807, 2.05) is 37.3 Å². The van der Waals surface area contributed by atoms with Crippen LogP contribution in [0.15, 0.2) is 35.3 Å². The van der Waals surface area contributed by atoms with Crippen LogP contribution in [0.4, 0.5) is 0 Å². The molecule has 0 heterocycles. The van der Waals surface area contributed by atoms with Gasteiger partial charge in [-0.25, -0.2) is 0 Å². The maximum absolute atomic E-state index is 11.8. The molecule has 0 aliphatic heterocycles. The molecule has 0 saturated heterocycles. The molecular weight excluding hydrogens is 328 g/mol. The molecule has 1 saturated carbocycles. The van der Waals surface area contributed by atoms with Crippen LogP contribution in [0.3, 0.4) is 0 Å². The normalized spacial score (nSPS) is 15.8. The molecule has 1 aliphatic carbocycles. The molecule has 0 aromatic heterocycles. The lowest BCUT2D eigenvalue weighted by Gasteiger charge is -2.24. The van der Waals surface area contributed by atoms with E-state index in [1.54, 1.807) is 0 Å². The molecule has 144 valence electrons. The first-order valence-electron chi connectivity index (χ1n) is 9.70. The monoisotopic (exact) mass is 360 g/mol. The van der Waals surface area contributed by atoms with Crippen LogP contribution in [-0.4, -0.2) is 49.8 Å². The molecule has 2 rings (SSSR count). The molecule has 1 aliphatic rings. The molecule has 0 spiro atoms. The molecule has 0 bridgehead atoms. The molecule has 1 aromatic carbocycles. The minimum atomic E-state index is -0.00609. The van der Waals surface area contributed by atoms with Crippen molar-refractivity contribution in [1.29, 1.82) is 0 Å². The van der Waals surface area contributed by atoms with E-state index in [0.717, 1.165) is 43.9 Å². The number of nitrogens with zero attached hydrogens (tertiary/aromatic N) is 1. The Morgan fingerprint density at radius 1 is 1.19 bits per heavy atom. The Hall–Kier alpha value is -2.08. The van der Waals surface area contributed by atoms with Gasteiger partial charge in [0.15, 0.2) is 5.96 Å². The van der Waals surface area contributed by atoms with Crippen LogP contribution in [0.25, 0.3) is 0 Å². The van der Waals surface area contributed by atoms with Crippen molar-refractivity contribution < 1.29 is 9.90 Å². The number of carbonyl (C=O) groups is 1. The molecule has 6 nitrogen and oxygen atoms in total. The summed E-state index contributed by atoms with van der Waals surface area (Å²) >= 11 is 0. The van der Waals surface area contributed by atoms with Gasteiger partial charge in [-0.15, -0.1) is 0 Å². The van der Waals surface area contributed by atoms with Gasteiger partial charge in [0.2, 0.25) is 5.91 Å². The molecule has 1 unspecified atom stereocenters. The minimum Gasteiger partial charge on any atom is -0.396 e. The molecule has 1 fully saturated rings. The van der Waals surface area contributed by atoms with E-state index in [1.165, 1.54) is 6.42 Å². The number of hydrogen-bond acceptors (Lipinski definition) is 3. The largest absolute Gasteiger partial charge is 0.396 e. The van der Waals surface area contributed by atoms with Gasteiger partial charge in [0, 0.05) is 31.5 Å². The lowest BCUT2D eigenvalue weighted by Crippen LogP contribution is -2.40. The molecule has 4 N–H and O–H groups in total. The number of rotatable bonds is 10. The predicted molar refractivity (Wildman–Crippen MR) is 105 cm³/mol. The number of amides is 1. The summed E-state index contributed by atoms with van der Waals surface area (Å²) in [5.41, 5.74) is 1.09. The van der Waals surface area contributed by atoms with E-state index in [-0.39, 0.29) is 24.3 Å². The fourth-order valence-corrected chi connectivity index (χ4v) is 2.86. The average Bonchev–Trinajstić information content (AvgIpc) is 2.61. The SMILES string of the molecule is CCNC(=NCC(CO)c1ccccc1)NCCCNC(=O)C1CCC1. The molecular formula is C20H32N4O2. The van der Waals surface area contributed by atoms with Crippen molar-refractivity contribution in [3.8, 4) is 0 Å². The van der Waals surface area contributed by atoms with Crippen LogP contribution in [-0.2, 0) is 4.79 Å². The van der Waals surface area contributed by atoms with Crippen molar-refractivity contribution in [2.45, 2.75) is 38.5 Å². The Balaban J connectivity index is 1.72. The van der Waals surface area contributed by atoms with Gasteiger partial charge in [0.25, 0.3) is 0 Å². The van der Waals surface area contributed by atoms with Crippen molar-refractivity contribution in [3.05, 3.63) is 35.9 Å². The van der Waals surface area contributed by atoms with Gasteiger partial charge >= 0.3 is 0 Å². The van der Waals surface area contributed by atoms with Gasteiger partial charge in [-0.3, -0.25) is 9.79 Å². The van der Waals surface area contributed by atoms with Crippen LogP contribution in [0.2, 0.25) is 0 Å². The van der Waals surface area contributed by atoms with Gasteiger partial charge in [-0.1, -0.05) is 36.8 Å². The minimum absolute atomic E-state index is 0.00609. The van der Waals surface area contributed by atoms with E-state index in [4.69, 9.17) is 0 Å². The number of hydrogen-bond donors (Lipinski definition) is 4. The van der Waals surface area contributed by atoms with Gasteiger partial charge in [0.05, 0.1) is 13.2 Å². The molecule has 0 radical (unpaired) electrons. The van der Waals surface area contributed by atoms with Crippen LogP contribution in [0.5, 0.6) is 0 Å². The van der Waals surface area contributed by atoms with Gasteiger partial charge < -0.3 is 21.1 Å². The van der Waals surface area contributed by atoms with Crippen molar-refractivity contribution in [3.63, 3.8) is 0 Å². The zero-order valence-electron chi connectivity index (χ0n) is 15.7. The molecule has 26 heavy (non-hydrogen) atoms. The fourth-order valence-electron chi connectivity index (χ4n) is 2.86. The zero-order valence-corrected chi connectivity index (χ0v) is 15.7. The highest BCUT2D eigenvalue weighted by Gasteiger charge is 2.24. The number of nitrogens with one attached hydrogen (secondary N) is 3. The standard InChI is InChI=1S/C20H32N4O2/c1-2-21-20(23-13-7-12-22-19(26)17-10-6-11-17)24-14-18(15-25)16-8-4-3-5-9-16/h3-5,8-9,17-18,25H,2,6-7,10-15H2,1H3,(H,22,26)(H2,21,23,24). The predicted octanol–water partition coefficient (Wildman–Crippen LogP) is 1.62. The third-order valence-corrected chi connectivity index (χ3v) is 4.73. The van der Waals surface area contributed by atoms with E-state index < -0.39 is 0 Å².